The zero-order valence-corrected chi connectivity index (χ0v) is 11.7. The molecule has 92 valence electrons. The molecule has 0 rings (SSSR count). The molecule has 0 aliphatic heterocycles. The van der Waals surface area contributed by atoms with E-state index in [0.717, 1.165) is 25.1 Å². The molecule has 0 aromatic carbocycles. The third-order valence-corrected chi connectivity index (χ3v) is 5.12. The van der Waals surface area contributed by atoms with Gasteiger partial charge in [-0.3, -0.25) is 4.21 Å². The molecule has 0 aromatic heterocycles. The second-order valence-corrected chi connectivity index (χ2v) is 6.35. The van der Waals surface area contributed by atoms with E-state index in [2.05, 4.69) is 39.9 Å². The van der Waals surface area contributed by atoms with Crippen LogP contribution in [0.1, 0.15) is 47.5 Å². The third kappa shape index (κ3) is 6.31. The first-order chi connectivity index (χ1) is 7.02. The Labute approximate surface area is 97.7 Å². The van der Waals surface area contributed by atoms with Crippen molar-refractivity contribution in [1.29, 1.82) is 0 Å². The fourth-order valence-electron chi connectivity index (χ4n) is 1.32. The number of hydrogen-bond donors (Lipinski definition) is 1. The zero-order chi connectivity index (χ0) is 11.8. The average molecular weight is 233 g/mol. The van der Waals surface area contributed by atoms with Gasteiger partial charge in [0.2, 0.25) is 0 Å². The topological polar surface area (TPSA) is 29.1 Å². The van der Waals surface area contributed by atoms with E-state index >= 15 is 0 Å². The highest BCUT2D eigenvalue weighted by Crippen LogP contribution is 2.09. The van der Waals surface area contributed by atoms with E-state index in [1.165, 1.54) is 0 Å². The Morgan fingerprint density at radius 3 is 2.27 bits per heavy atom. The zero-order valence-electron chi connectivity index (χ0n) is 10.9. The summed E-state index contributed by atoms with van der Waals surface area (Å²) in [5, 5.41) is 3.67. The second-order valence-electron chi connectivity index (χ2n) is 4.51. The van der Waals surface area contributed by atoms with Crippen LogP contribution < -0.4 is 5.32 Å². The lowest BCUT2D eigenvalue weighted by atomic mass is 10.2. The van der Waals surface area contributed by atoms with Crippen LogP contribution in [0.15, 0.2) is 0 Å². The molecule has 3 heteroatoms. The van der Waals surface area contributed by atoms with Gasteiger partial charge in [-0.1, -0.05) is 27.2 Å². The largest absolute Gasteiger partial charge is 0.313 e. The van der Waals surface area contributed by atoms with Crippen LogP contribution in [-0.4, -0.2) is 27.8 Å². The Morgan fingerprint density at radius 2 is 1.80 bits per heavy atom. The van der Waals surface area contributed by atoms with Crippen molar-refractivity contribution in [3.8, 4) is 0 Å². The van der Waals surface area contributed by atoms with Gasteiger partial charge in [-0.15, -0.1) is 0 Å². The monoisotopic (exact) mass is 233 g/mol. The van der Waals surface area contributed by atoms with Crippen LogP contribution in [0.3, 0.4) is 0 Å². The molecular formula is C12H27NOS. The highest BCUT2D eigenvalue weighted by molar-refractivity contribution is 7.85. The van der Waals surface area contributed by atoms with Crippen LogP contribution in [0, 0.1) is 5.92 Å². The van der Waals surface area contributed by atoms with Crippen molar-refractivity contribution in [1.82, 2.24) is 5.32 Å². The van der Waals surface area contributed by atoms with Gasteiger partial charge >= 0.3 is 0 Å². The minimum atomic E-state index is -0.691. The van der Waals surface area contributed by atoms with E-state index < -0.39 is 10.8 Å². The number of nitrogens with one attached hydrogen (secondary N) is 1. The average Bonchev–Trinajstić information content (AvgIpc) is 2.24. The van der Waals surface area contributed by atoms with E-state index in [0.29, 0.717) is 12.0 Å². The van der Waals surface area contributed by atoms with Gasteiger partial charge in [0.05, 0.1) is 0 Å². The molecule has 0 spiro atoms. The molecule has 2 nitrogen and oxygen atoms in total. The van der Waals surface area contributed by atoms with Crippen molar-refractivity contribution in [2.24, 2.45) is 5.92 Å². The molecule has 0 saturated carbocycles. The molecule has 0 amide bonds. The van der Waals surface area contributed by atoms with Gasteiger partial charge in [0.1, 0.15) is 0 Å². The molecule has 4 atom stereocenters. The van der Waals surface area contributed by atoms with Gasteiger partial charge in [0.25, 0.3) is 0 Å². The van der Waals surface area contributed by atoms with E-state index in [-0.39, 0.29) is 5.25 Å². The van der Waals surface area contributed by atoms with E-state index in [1.54, 1.807) is 0 Å². The van der Waals surface area contributed by atoms with Crippen LogP contribution >= 0.6 is 0 Å². The summed E-state index contributed by atoms with van der Waals surface area (Å²) in [7, 11) is -0.691. The molecule has 0 bridgehead atoms. The fraction of sp³-hybridized carbons (Fsp3) is 1.00. The van der Waals surface area contributed by atoms with Gasteiger partial charge in [0.15, 0.2) is 0 Å². The lowest BCUT2D eigenvalue weighted by molar-refractivity contribution is 0.527. The van der Waals surface area contributed by atoms with Gasteiger partial charge in [-0.2, -0.15) is 0 Å². The highest BCUT2D eigenvalue weighted by atomic mass is 32.2. The predicted octanol–water partition coefficient (Wildman–Crippen LogP) is 2.56. The summed E-state index contributed by atoms with van der Waals surface area (Å²) >= 11 is 0. The third-order valence-electron chi connectivity index (χ3n) is 2.98. The molecule has 0 aliphatic rings. The van der Waals surface area contributed by atoms with Crippen molar-refractivity contribution in [2.75, 3.05) is 12.3 Å². The highest BCUT2D eigenvalue weighted by Gasteiger charge is 2.19. The molecule has 0 saturated heterocycles. The lowest BCUT2D eigenvalue weighted by Gasteiger charge is -2.22. The molecule has 15 heavy (non-hydrogen) atoms. The molecule has 1 N–H and O–H groups in total. The van der Waals surface area contributed by atoms with Gasteiger partial charge in [-0.05, 0) is 32.7 Å². The maximum Gasteiger partial charge on any atom is 0.0470 e. The van der Waals surface area contributed by atoms with Crippen LogP contribution in [0.2, 0.25) is 0 Å². The van der Waals surface area contributed by atoms with Crippen molar-refractivity contribution in [3.63, 3.8) is 0 Å². The minimum Gasteiger partial charge on any atom is -0.313 e. The normalized spacial score (nSPS) is 19.5. The summed E-state index contributed by atoms with van der Waals surface area (Å²) in [6, 6.07) is 0.356. The second kappa shape index (κ2) is 8.28. The first-order valence-electron chi connectivity index (χ1n) is 6.13. The molecular weight excluding hydrogens is 206 g/mol. The summed E-state index contributed by atoms with van der Waals surface area (Å²) in [6.45, 7) is 11.7. The van der Waals surface area contributed by atoms with Gasteiger partial charge in [0, 0.05) is 27.8 Å². The van der Waals surface area contributed by atoms with Crippen LogP contribution in [0.25, 0.3) is 0 Å². The Kier molecular flexibility index (Phi) is 8.34. The quantitative estimate of drug-likeness (QED) is 0.698. The molecule has 0 aliphatic carbocycles. The molecule has 0 heterocycles. The van der Waals surface area contributed by atoms with E-state index in [4.69, 9.17) is 0 Å². The predicted molar refractivity (Wildman–Crippen MR) is 69.7 cm³/mol. The van der Waals surface area contributed by atoms with E-state index in [9.17, 15) is 4.21 Å². The Hall–Kier alpha value is 0.110. The van der Waals surface area contributed by atoms with Crippen molar-refractivity contribution >= 4 is 10.8 Å². The number of rotatable bonds is 8. The van der Waals surface area contributed by atoms with Crippen LogP contribution in [-0.2, 0) is 10.8 Å². The van der Waals surface area contributed by atoms with Gasteiger partial charge < -0.3 is 5.32 Å². The van der Waals surface area contributed by atoms with E-state index in [1.807, 2.05) is 0 Å². The maximum atomic E-state index is 12.0. The first kappa shape index (κ1) is 15.1. The Bertz CT molecular complexity index is 184. The molecule has 0 aromatic rings. The fourth-order valence-corrected chi connectivity index (χ4v) is 2.97. The first-order valence-corrected chi connectivity index (χ1v) is 7.51. The van der Waals surface area contributed by atoms with Crippen LogP contribution in [0.5, 0.6) is 0 Å². The lowest BCUT2D eigenvalue weighted by Crippen LogP contribution is -2.39. The summed E-state index contributed by atoms with van der Waals surface area (Å²) in [5.41, 5.74) is 0. The van der Waals surface area contributed by atoms with Crippen molar-refractivity contribution < 1.29 is 4.21 Å². The molecule has 0 radical (unpaired) electrons. The summed E-state index contributed by atoms with van der Waals surface area (Å²) in [4.78, 5) is 0. The Balaban J connectivity index is 3.95. The molecule has 0 fully saturated rings. The van der Waals surface area contributed by atoms with Crippen LogP contribution in [0.4, 0.5) is 0 Å². The smallest absolute Gasteiger partial charge is 0.0470 e. The summed E-state index contributed by atoms with van der Waals surface area (Å²) in [6.07, 6.45) is 2.25. The Morgan fingerprint density at radius 1 is 1.20 bits per heavy atom. The summed E-state index contributed by atoms with van der Waals surface area (Å²) < 4.78 is 12.0. The standard InChI is InChI=1S/C12H27NOS/c1-6-8-13-11(4)12(5)15(14)9-10(3)7-2/h10-13H,6-9H2,1-5H3. The van der Waals surface area contributed by atoms with Crippen molar-refractivity contribution in [3.05, 3.63) is 0 Å². The molecule has 4 unspecified atom stereocenters. The summed E-state index contributed by atoms with van der Waals surface area (Å²) in [5.74, 6) is 1.42. The van der Waals surface area contributed by atoms with Crippen molar-refractivity contribution in [2.45, 2.75) is 58.8 Å². The minimum absolute atomic E-state index is 0.255. The number of hydrogen-bond acceptors (Lipinski definition) is 2. The van der Waals surface area contributed by atoms with Gasteiger partial charge in [-0.25, -0.2) is 0 Å². The maximum absolute atomic E-state index is 12.0. The SMILES string of the molecule is CCCNC(C)C(C)S(=O)CC(C)CC.